The predicted molar refractivity (Wildman–Crippen MR) is 67.1 cm³/mol. The number of nitrogens with zero attached hydrogens (tertiary/aromatic N) is 2. The van der Waals surface area contributed by atoms with Crippen LogP contribution >= 0.6 is 0 Å². The molecule has 0 bridgehead atoms. The second-order valence-corrected chi connectivity index (χ2v) is 3.86. The minimum Gasteiger partial charge on any atom is -0.383 e. The van der Waals surface area contributed by atoms with E-state index >= 15 is 0 Å². The molecular formula is C12H12F2N4O. The Hall–Kier alpha value is -2.44. The molecule has 1 aromatic heterocycles. The average molecular weight is 266 g/mol. The van der Waals surface area contributed by atoms with Crippen molar-refractivity contribution < 1.29 is 13.6 Å². The standard InChI is InChI=1S/C12H12F2N4O/c1-15-11-8(13)5-7(6-9(11)14)12(19)17-10-3-4-16-18(10)2/h3-6,15H,1-2H3,(H,17,19). The average Bonchev–Trinajstić information content (AvgIpc) is 2.74. The summed E-state index contributed by atoms with van der Waals surface area (Å²) in [4.78, 5) is 11.9. The molecule has 2 rings (SSSR count). The zero-order chi connectivity index (χ0) is 14.0. The number of aryl methyl sites for hydroxylation is 1. The fourth-order valence-corrected chi connectivity index (χ4v) is 1.63. The molecule has 0 fully saturated rings. The second-order valence-electron chi connectivity index (χ2n) is 3.86. The molecule has 0 radical (unpaired) electrons. The number of anilines is 2. The fraction of sp³-hybridized carbons (Fsp3) is 0.167. The van der Waals surface area contributed by atoms with Crippen LogP contribution in [0.2, 0.25) is 0 Å². The van der Waals surface area contributed by atoms with E-state index in [0.717, 1.165) is 12.1 Å². The Balaban J connectivity index is 2.27. The summed E-state index contributed by atoms with van der Waals surface area (Å²) in [7, 11) is 3.04. The van der Waals surface area contributed by atoms with Crippen LogP contribution in [-0.4, -0.2) is 22.7 Å². The van der Waals surface area contributed by atoms with Gasteiger partial charge in [0.25, 0.3) is 5.91 Å². The van der Waals surface area contributed by atoms with Crippen LogP contribution in [0, 0.1) is 11.6 Å². The molecular weight excluding hydrogens is 254 g/mol. The van der Waals surface area contributed by atoms with Crippen LogP contribution in [0.15, 0.2) is 24.4 Å². The summed E-state index contributed by atoms with van der Waals surface area (Å²) >= 11 is 0. The lowest BCUT2D eigenvalue weighted by molar-refractivity contribution is 0.102. The number of amides is 1. The van der Waals surface area contributed by atoms with Crippen LogP contribution in [0.1, 0.15) is 10.4 Å². The van der Waals surface area contributed by atoms with Crippen LogP contribution in [0.4, 0.5) is 20.3 Å². The van der Waals surface area contributed by atoms with E-state index in [2.05, 4.69) is 15.7 Å². The fourth-order valence-electron chi connectivity index (χ4n) is 1.63. The minimum absolute atomic E-state index is 0.102. The van der Waals surface area contributed by atoms with E-state index < -0.39 is 17.5 Å². The maximum absolute atomic E-state index is 13.5. The van der Waals surface area contributed by atoms with Crippen molar-refractivity contribution >= 4 is 17.4 Å². The van der Waals surface area contributed by atoms with Gasteiger partial charge in [-0.05, 0) is 12.1 Å². The molecule has 1 heterocycles. The van der Waals surface area contributed by atoms with Crippen molar-refractivity contribution in [1.29, 1.82) is 0 Å². The molecule has 0 atom stereocenters. The first-order valence-corrected chi connectivity index (χ1v) is 5.49. The molecule has 0 unspecified atom stereocenters. The summed E-state index contributed by atoms with van der Waals surface area (Å²) in [6, 6.07) is 3.52. The summed E-state index contributed by atoms with van der Waals surface area (Å²) in [5.74, 6) is -1.82. The summed E-state index contributed by atoms with van der Waals surface area (Å²) in [6.07, 6.45) is 1.50. The van der Waals surface area contributed by atoms with Crippen molar-refractivity contribution in [2.24, 2.45) is 7.05 Å². The molecule has 0 spiro atoms. The zero-order valence-corrected chi connectivity index (χ0v) is 10.4. The van der Waals surface area contributed by atoms with Crippen molar-refractivity contribution in [2.45, 2.75) is 0 Å². The zero-order valence-electron chi connectivity index (χ0n) is 10.4. The van der Waals surface area contributed by atoms with Crippen LogP contribution < -0.4 is 10.6 Å². The lowest BCUT2D eigenvalue weighted by Crippen LogP contribution is -2.15. The van der Waals surface area contributed by atoms with E-state index in [1.165, 1.54) is 17.9 Å². The van der Waals surface area contributed by atoms with Crippen LogP contribution in [-0.2, 0) is 7.05 Å². The molecule has 0 aliphatic rings. The molecule has 1 aromatic carbocycles. The third-order valence-corrected chi connectivity index (χ3v) is 2.62. The number of benzene rings is 1. The van der Waals surface area contributed by atoms with Gasteiger partial charge in [0.05, 0.1) is 6.20 Å². The van der Waals surface area contributed by atoms with E-state index in [4.69, 9.17) is 0 Å². The lowest BCUT2D eigenvalue weighted by Gasteiger charge is -2.08. The van der Waals surface area contributed by atoms with Gasteiger partial charge in [-0.25, -0.2) is 8.78 Å². The van der Waals surface area contributed by atoms with E-state index in [1.807, 2.05) is 0 Å². The van der Waals surface area contributed by atoms with Gasteiger partial charge in [-0.1, -0.05) is 0 Å². The Labute approximate surface area is 108 Å². The topological polar surface area (TPSA) is 59.0 Å². The van der Waals surface area contributed by atoms with Gasteiger partial charge in [0, 0.05) is 25.7 Å². The highest BCUT2D eigenvalue weighted by molar-refractivity contribution is 6.04. The van der Waals surface area contributed by atoms with E-state index in [1.54, 1.807) is 13.1 Å². The lowest BCUT2D eigenvalue weighted by atomic mass is 10.1. The highest BCUT2D eigenvalue weighted by Gasteiger charge is 2.15. The van der Waals surface area contributed by atoms with Crippen molar-refractivity contribution in [3.63, 3.8) is 0 Å². The monoisotopic (exact) mass is 266 g/mol. The van der Waals surface area contributed by atoms with Crippen molar-refractivity contribution in [1.82, 2.24) is 9.78 Å². The number of rotatable bonds is 3. The second kappa shape index (κ2) is 5.05. The van der Waals surface area contributed by atoms with E-state index in [9.17, 15) is 13.6 Å². The number of nitrogens with one attached hydrogen (secondary N) is 2. The van der Waals surface area contributed by atoms with Gasteiger partial charge in [-0.2, -0.15) is 5.10 Å². The van der Waals surface area contributed by atoms with Gasteiger partial charge in [0.15, 0.2) is 0 Å². The van der Waals surface area contributed by atoms with Crippen LogP contribution in [0.5, 0.6) is 0 Å². The molecule has 100 valence electrons. The maximum atomic E-state index is 13.5. The molecule has 0 aliphatic carbocycles. The molecule has 2 aromatic rings. The normalized spacial score (nSPS) is 10.3. The van der Waals surface area contributed by atoms with Crippen molar-refractivity contribution in [3.8, 4) is 0 Å². The first-order valence-electron chi connectivity index (χ1n) is 5.49. The Bertz CT molecular complexity index is 601. The number of aromatic nitrogens is 2. The van der Waals surface area contributed by atoms with Gasteiger partial charge in [0.1, 0.15) is 23.1 Å². The molecule has 1 amide bonds. The maximum Gasteiger partial charge on any atom is 0.257 e. The van der Waals surface area contributed by atoms with Crippen molar-refractivity contribution in [3.05, 3.63) is 41.6 Å². The summed E-state index contributed by atoms with van der Waals surface area (Å²) in [6.45, 7) is 0. The molecule has 0 saturated heterocycles. The third kappa shape index (κ3) is 2.54. The van der Waals surface area contributed by atoms with Gasteiger partial charge >= 0.3 is 0 Å². The Kier molecular flexibility index (Phi) is 3.46. The Morgan fingerprint density at radius 2 is 1.95 bits per heavy atom. The largest absolute Gasteiger partial charge is 0.383 e. The quantitative estimate of drug-likeness (QED) is 0.893. The first kappa shape index (κ1) is 13.0. The van der Waals surface area contributed by atoms with Gasteiger partial charge < -0.3 is 10.6 Å². The number of hydrogen-bond acceptors (Lipinski definition) is 3. The number of carbonyl (C=O) groups excluding carboxylic acids is 1. The number of carbonyl (C=O) groups is 1. The molecule has 0 saturated carbocycles. The molecule has 2 N–H and O–H groups in total. The molecule has 5 nitrogen and oxygen atoms in total. The SMILES string of the molecule is CNc1c(F)cc(C(=O)Nc2ccnn2C)cc1F. The van der Waals surface area contributed by atoms with Gasteiger partial charge in [-0.3, -0.25) is 9.48 Å². The molecule has 19 heavy (non-hydrogen) atoms. The predicted octanol–water partition coefficient (Wildman–Crippen LogP) is 1.99. The van der Waals surface area contributed by atoms with E-state index in [0.29, 0.717) is 5.82 Å². The highest BCUT2D eigenvalue weighted by Crippen LogP contribution is 2.20. The van der Waals surface area contributed by atoms with Crippen LogP contribution in [0.25, 0.3) is 0 Å². The Morgan fingerprint density at radius 3 is 2.42 bits per heavy atom. The Morgan fingerprint density at radius 1 is 1.32 bits per heavy atom. The first-order chi connectivity index (χ1) is 9.02. The van der Waals surface area contributed by atoms with Crippen LogP contribution in [0.3, 0.4) is 0 Å². The minimum atomic E-state index is -0.822. The molecule has 7 heteroatoms. The number of halogens is 2. The third-order valence-electron chi connectivity index (χ3n) is 2.62. The van der Waals surface area contributed by atoms with Gasteiger partial charge in [-0.15, -0.1) is 0 Å². The summed E-state index contributed by atoms with van der Waals surface area (Å²) in [5.41, 5.74) is -0.368. The smallest absolute Gasteiger partial charge is 0.257 e. The molecule has 0 aliphatic heterocycles. The summed E-state index contributed by atoms with van der Waals surface area (Å²) < 4.78 is 28.5. The van der Waals surface area contributed by atoms with E-state index in [-0.39, 0.29) is 11.3 Å². The summed E-state index contributed by atoms with van der Waals surface area (Å²) in [5, 5.41) is 8.76. The van der Waals surface area contributed by atoms with Gasteiger partial charge in [0.2, 0.25) is 0 Å². The highest BCUT2D eigenvalue weighted by atomic mass is 19.1. The van der Waals surface area contributed by atoms with Crippen molar-refractivity contribution in [2.75, 3.05) is 17.7 Å². The number of hydrogen-bond donors (Lipinski definition) is 2.